The summed E-state index contributed by atoms with van der Waals surface area (Å²) in [6.45, 7) is 4.19. The number of aromatic nitrogens is 2. The minimum absolute atomic E-state index is 0.0536. The molecule has 6 nitrogen and oxygen atoms in total. The van der Waals surface area contributed by atoms with E-state index in [1.807, 2.05) is 29.2 Å². The Morgan fingerprint density at radius 1 is 1.48 bits per heavy atom. The molecule has 1 aliphatic heterocycles. The number of carbonyl (C=O) groups is 2. The van der Waals surface area contributed by atoms with E-state index in [-0.39, 0.29) is 24.4 Å². The first-order valence-electron chi connectivity index (χ1n) is 7.72. The van der Waals surface area contributed by atoms with Crippen molar-refractivity contribution in [1.82, 2.24) is 19.8 Å². The maximum Gasteiger partial charge on any atom is 0.246 e. The fraction of sp³-hybridized carbons (Fsp3) is 0.353. The van der Waals surface area contributed by atoms with Crippen LogP contribution in [-0.2, 0) is 9.59 Å². The molecule has 2 aromatic rings. The van der Waals surface area contributed by atoms with Crippen LogP contribution in [0.5, 0.6) is 0 Å². The standard InChI is InChI=1S/C17H20N4O2/c1-3-15(22)20(2)11-16(23)21-10-6-9-14(21)17-18-12-7-4-5-8-13(12)19-17/h3-5,7-8,14H,1,6,9-11H2,2H3,(H,18,19). The number of likely N-dealkylation sites (tertiary alicyclic amines) is 1. The highest BCUT2D eigenvalue weighted by Gasteiger charge is 2.32. The van der Waals surface area contributed by atoms with Gasteiger partial charge in [-0.15, -0.1) is 0 Å². The van der Waals surface area contributed by atoms with Crippen LogP contribution in [0.2, 0.25) is 0 Å². The molecule has 3 rings (SSSR count). The van der Waals surface area contributed by atoms with E-state index in [2.05, 4.69) is 16.5 Å². The molecule has 1 aliphatic rings. The van der Waals surface area contributed by atoms with Crippen LogP contribution in [0.3, 0.4) is 0 Å². The molecule has 0 aliphatic carbocycles. The lowest BCUT2D eigenvalue weighted by Gasteiger charge is -2.25. The first-order valence-corrected chi connectivity index (χ1v) is 7.72. The molecule has 6 heteroatoms. The third-order valence-corrected chi connectivity index (χ3v) is 4.22. The number of benzene rings is 1. The van der Waals surface area contributed by atoms with Crippen LogP contribution in [-0.4, -0.2) is 51.7 Å². The van der Waals surface area contributed by atoms with Crippen molar-refractivity contribution in [3.05, 3.63) is 42.7 Å². The molecule has 1 atom stereocenters. The third-order valence-electron chi connectivity index (χ3n) is 4.22. The van der Waals surface area contributed by atoms with E-state index >= 15 is 0 Å². The highest BCUT2D eigenvalue weighted by molar-refractivity contribution is 5.90. The molecule has 0 spiro atoms. The summed E-state index contributed by atoms with van der Waals surface area (Å²) >= 11 is 0. The SMILES string of the molecule is C=CC(=O)N(C)CC(=O)N1CCCC1c1nc2ccccc2[nH]1. The molecule has 1 aromatic carbocycles. The first kappa shape index (κ1) is 15.3. The Labute approximate surface area is 134 Å². The Morgan fingerprint density at radius 3 is 3.00 bits per heavy atom. The third kappa shape index (κ3) is 2.97. The fourth-order valence-electron chi connectivity index (χ4n) is 3.01. The number of amides is 2. The Balaban J connectivity index is 1.78. The molecule has 2 amide bonds. The lowest BCUT2D eigenvalue weighted by atomic mass is 10.2. The van der Waals surface area contributed by atoms with Crippen molar-refractivity contribution in [2.75, 3.05) is 20.1 Å². The highest BCUT2D eigenvalue weighted by Crippen LogP contribution is 2.31. The molecule has 1 fully saturated rings. The number of nitrogens with zero attached hydrogens (tertiary/aromatic N) is 3. The van der Waals surface area contributed by atoms with Gasteiger partial charge in [-0.05, 0) is 31.1 Å². The van der Waals surface area contributed by atoms with Gasteiger partial charge in [0.2, 0.25) is 11.8 Å². The number of nitrogens with one attached hydrogen (secondary N) is 1. The second kappa shape index (κ2) is 6.24. The average Bonchev–Trinajstić information content (AvgIpc) is 3.19. The summed E-state index contributed by atoms with van der Waals surface area (Å²) in [6.07, 6.45) is 3.03. The van der Waals surface area contributed by atoms with Crippen molar-refractivity contribution in [3.8, 4) is 0 Å². The van der Waals surface area contributed by atoms with Crippen LogP contribution < -0.4 is 0 Å². The summed E-state index contributed by atoms with van der Waals surface area (Å²) in [5, 5.41) is 0. The first-order chi connectivity index (χ1) is 11.1. The molecule has 2 heterocycles. The number of carbonyl (C=O) groups excluding carboxylic acids is 2. The van der Waals surface area contributed by atoms with E-state index in [0.29, 0.717) is 6.54 Å². The number of imidazole rings is 1. The summed E-state index contributed by atoms with van der Waals surface area (Å²) in [6, 6.07) is 7.77. The van der Waals surface area contributed by atoms with Crippen LogP contribution in [0.4, 0.5) is 0 Å². The summed E-state index contributed by atoms with van der Waals surface area (Å²) in [4.78, 5) is 35.2. The number of hydrogen-bond acceptors (Lipinski definition) is 3. The Kier molecular flexibility index (Phi) is 4.14. The van der Waals surface area contributed by atoms with Crippen molar-refractivity contribution < 1.29 is 9.59 Å². The number of H-pyrrole nitrogens is 1. The second-order valence-electron chi connectivity index (χ2n) is 5.78. The van der Waals surface area contributed by atoms with Crippen molar-refractivity contribution in [3.63, 3.8) is 0 Å². The zero-order valence-electron chi connectivity index (χ0n) is 13.2. The number of likely N-dealkylation sites (N-methyl/N-ethyl adjacent to an activating group) is 1. The van der Waals surface area contributed by atoms with Crippen molar-refractivity contribution in [1.29, 1.82) is 0 Å². The van der Waals surface area contributed by atoms with Gasteiger partial charge in [0.1, 0.15) is 5.82 Å². The van der Waals surface area contributed by atoms with E-state index in [0.717, 1.165) is 29.7 Å². The van der Waals surface area contributed by atoms with Gasteiger partial charge in [-0.25, -0.2) is 4.98 Å². The van der Waals surface area contributed by atoms with Gasteiger partial charge < -0.3 is 14.8 Å². The molecule has 1 aromatic heterocycles. The normalized spacial score (nSPS) is 17.4. The zero-order chi connectivity index (χ0) is 16.4. The molecular weight excluding hydrogens is 292 g/mol. The Bertz CT molecular complexity index is 719. The minimum Gasteiger partial charge on any atom is -0.340 e. The predicted octanol–water partition coefficient (Wildman–Crippen LogP) is 1.87. The largest absolute Gasteiger partial charge is 0.340 e. The van der Waals surface area contributed by atoms with E-state index in [1.165, 1.54) is 11.0 Å². The maximum atomic E-state index is 12.5. The van der Waals surface area contributed by atoms with Gasteiger partial charge in [0.15, 0.2) is 0 Å². The van der Waals surface area contributed by atoms with Crippen LogP contribution in [0.15, 0.2) is 36.9 Å². The molecule has 23 heavy (non-hydrogen) atoms. The highest BCUT2D eigenvalue weighted by atomic mass is 16.2. The summed E-state index contributed by atoms with van der Waals surface area (Å²) < 4.78 is 0. The maximum absolute atomic E-state index is 12.5. The van der Waals surface area contributed by atoms with Crippen LogP contribution in [0, 0.1) is 0 Å². The molecule has 120 valence electrons. The fourth-order valence-corrected chi connectivity index (χ4v) is 3.01. The number of fused-ring (bicyclic) bond motifs is 1. The van der Waals surface area contributed by atoms with Gasteiger partial charge >= 0.3 is 0 Å². The van der Waals surface area contributed by atoms with Crippen molar-refractivity contribution in [2.45, 2.75) is 18.9 Å². The smallest absolute Gasteiger partial charge is 0.246 e. The van der Waals surface area contributed by atoms with Crippen molar-refractivity contribution >= 4 is 22.8 Å². The number of aromatic amines is 1. The molecule has 1 unspecified atom stereocenters. The van der Waals surface area contributed by atoms with E-state index < -0.39 is 0 Å². The summed E-state index contributed by atoms with van der Waals surface area (Å²) in [5.74, 6) is 0.498. The van der Waals surface area contributed by atoms with E-state index in [4.69, 9.17) is 0 Å². The van der Waals surface area contributed by atoms with Gasteiger partial charge in [0, 0.05) is 13.6 Å². The zero-order valence-corrected chi connectivity index (χ0v) is 13.2. The van der Waals surface area contributed by atoms with Crippen LogP contribution >= 0.6 is 0 Å². The molecule has 0 radical (unpaired) electrons. The van der Waals surface area contributed by atoms with Crippen LogP contribution in [0.1, 0.15) is 24.7 Å². The van der Waals surface area contributed by atoms with Crippen LogP contribution in [0.25, 0.3) is 11.0 Å². The molecule has 1 N–H and O–H groups in total. The lowest BCUT2D eigenvalue weighted by molar-refractivity contribution is -0.138. The minimum atomic E-state index is -0.252. The molecule has 1 saturated heterocycles. The monoisotopic (exact) mass is 312 g/mol. The van der Waals surface area contributed by atoms with Crippen molar-refractivity contribution in [2.24, 2.45) is 0 Å². The van der Waals surface area contributed by atoms with Gasteiger partial charge in [-0.1, -0.05) is 18.7 Å². The van der Waals surface area contributed by atoms with Gasteiger partial charge in [-0.2, -0.15) is 0 Å². The van der Waals surface area contributed by atoms with E-state index in [9.17, 15) is 9.59 Å². The van der Waals surface area contributed by atoms with Gasteiger partial charge in [-0.3, -0.25) is 9.59 Å². The molecular formula is C17H20N4O2. The van der Waals surface area contributed by atoms with E-state index in [1.54, 1.807) is 7.05 Å². The number of rotatable bonds is 4. The van der Waals surface area contributed by atoms with Gasteiger partial charge in [0.05, 0.1) is 23.6 Å². The second-order valence-corrected chi connectivity index (χ2v) is 5.78. The quantitative estimate of drug-likeness (QED) is 0.876. The Hall–Kier alpha value is -2.63. The molecule has 0 bridgehead atoms. The predicted molar refractivity (Wildman–Crippen MR) is 87.6 cm³/mol. The summed E-state index contributed by atoms with van der Waals surface area (Å²) in [5.41, 5.74) is 1.88. The summed E-state index contributed by atoms with van der Waals surface area (Å²) in [7, 11) is 1.61. The number of hydrogen-bond donors (Lipinski definition) is 1. The topological polar surface area (TPSA) is 69.3 Å². The Morgan fingerprint density at radius 2 is 2.26 bits per heavy atom. The lowest BCUT2D eigenvalue weighted by Crippen LogP contribution is -2.40. The van der Waals surface area contributed by atoms with Gasteiger partial charge in [0.25, 0.3) is 0 Å². The average molecular weight is 312 g/mol. The molecule has 0 saturated carbocycles. The number of para-hydroxylation sites is 2.